The Morgan fingerprint density at radius 2 is 1.70 bits per heavy atom. The molecule has 2 rings (SSSR count). The van der Waals surface area contributed by atoms with Gasteiger partial charge >= 0.3 is 0 Å². The Kier molecular flexibility index (Phi) is 6.13. The van der Waals surface area contributed by atoms with E-state index in [9.17, 15) is 14.0 Å². The van der Waals surface area contributed by atoms with Gasteiger partial charge in [0.1, 0.15) is 5.82 Å². The van der Waals surface area contributed by atoms with Crippen LogP contribution in [0, 0.1) is 17.7 Å². The molecular formula is C18H25FN2O2. The van der Waals surface area contributed by atoms with E-state index in [0.717, 1.165) is 6.42 Å². The second-order valence-corrected chi connectivity index (χ2v) is 6.34. The molecule has 1 aromatic rings. The van der Waals surface area contributed by atoms with Crippen LogP contribution < -0.4 is 10.6 Å². The van der Waals surface area contributed by atoms with Crippen LogP contribution in [0.25, 0.3) is 0 Å². The van der Waals surface area contributed by atoms with Gasteiger partial charge in [-0.1, -0.05) is 19.1 Å². The normalized spacial score (nSPS) is 22.2. The summed E-state index contributed by atoms with van der Waals surface area (Å²) in [5.41, 5.74) is 0.217. The third kappa shape index (κ3) is 4.78. The molecule has 23 heavy (non-hydrogen) atoms. The van der Waals surface area contributed by atoms with E-state index in [2.05, 4.69) is 10.6 Å². The van der Waals surface area contributed by atoms with Gasteiger partial charge in [-0.2, -0.15) is 0 Å². The summed E-state index contributed by atoms with van der Waals surface area (Å²) in [5.74, 6) is -0.658. The van der Waals surface area contributed by atoms with E-state index >= 15 is 0 Å². The second-order valence-electron chi connectivity index (χ2n) is 6.34. The Balaban J connectivity index is 1.83. The lowest BCUT2D eigenvalue weighted by molar-refractivity contribution is -0.129. The number of carbonyl (C=O) groups is 2. The van der Waals surface area contributed by atoms with Gasteiger partial charge in [-0.15, -0.1) is 0 Å². The molecule has 0 radical (unpaired) electrons. The number of hydrogen-bond donors (Lipinski definition) is 2. The molecule has 0 aliphatic heterocycles. The minimum atomic E-state index is -0.428. The van der Waals surface area contributed by atoms with Crippen LogP contribution in [0.2, 0.25) is 0 Å². The number of rotatable bonds is 5. The minimum absolute atomic E-state index is 0.0125. The number of amides is 2. The molecule has 1 fully saturated rings. The Morgan fingerprint density at radius 3 is 2.26 bits per heavy atom. The first-order valence-electron chi connectivity index (χ1n) is 8.37. The summed E-state index contributed by atoms with van der Waals surface area (Å²) in [5, 5.41) is 5.65. The topological polar surface area (TPSA) is 58.2 Å². The molecule has 1 unspecified atom stereocenters. The van der Waals surface area contributed by atoms with Gasteiger partial charge < -0.3 is 10.6 Å². The van der Waals surface area contributed by atoms with Gasteiger partial charge in [-0.05, 0) is 51.2 Å². The lowest BCUT2D eigenvalue weighted by Crippen LogP contribution is -2.39. The summed E-state index contributed by atoms with van der Waals surface area (Å²) in [4.78, 5) is 24.4. The highest BCUT2D eigenvalue weighted by atomic mass is 19.1. The third-order valence-corrected chi connectivity index (χ3v) is 4.60. The van der Waals surface area contributed by atoms with Gasteiger partial charge in [0.2, 0.25) is 11.8 Å². The molecule has 126 valence electrons. The maximum atomic E-state index is 13.6. The average molecular weight is 320 g/mol. The summed E-state index contributed by atoms with van der Waals surface area (Å²) >= 11 is 0. The zero-order valence-electron chi connectivity index (χ0n) is 13.8. The summed E-state index contributed by atoms with van der Waals surface area (Å²) in [6, 6.07) is 6.34. The van der Waals surface area contributed by atoms with E-state index in [-0.39, 0.29) is 35.4 Å². The van der Waals surface area contributed by atoms with Gasteiger partial charge in [0.15, 0.2) is 0 Å². The monoisotopic (exact) mass is 320 g/mol. The van der Waals surface area contributed by atoms with Crippen molar-refractivity contribution in [3.8, 4) is 0 Å². The van der Waals surface area contributed by atoms with Crippen LogP contribution in [0.4, 0.5) is 10.1 Å². The largest absolute Gasteiger partial charge is 0.353 e. The van der Waals surface area contributed by atoms with Crippen molar-refractivity contribution in [3.05, 3.63) is 30.1 Å². The van der Waals surface area contributed by atoms with Crippen molar-refractivity contribution in [2.45, 2.75) is 52.0 Å². The van der Waals surface area contributed by atoms with Crippen LogP contribution in [0.15, 0.2) is 24.3 Å². The van der Waals surface area contributed by atoms with Crippen LogP contribution in [0.1, 0.15) is 46.0 Å². The number of carbonyl (C=O) groups excluding carboxylic acids is 2. The van der Waals surface area contributed by atoms with Crippen LogP contribution in [0.5, 0.6) is 0 Å². The fourth-order valence-corrected chi connectivity index (χ4v) is 2.88. The zero-order valence-corrected chi connectivity index (χ0v) is 13.8. The highest BCUT2D eigenvalue weighted by Gasteiger charge is 2.30. The van der Waals surface area contributed by atoms with Crippen molar-refractivity contribution in [2.75, 3.05) is 5.32 Å². The average Bonchev–Trinajstić information content (AvgIpc) is 2.56. The van der Waals surface area contributed by atoms with Gasteiger partial charge in [0.05, 0.1) is 5.69 Å². The molecule has 0 heterocycles. The highest BCUT2D eigenvalue weighted by Crippen LogP contribution is 2.30. The molecule has 0 bridgehead atoms. The zero-order chi connectivity index (χ0) is 16.8. The highest BCUT2D eigenvalue weighted by molar-refractivity contribution is 5.92. The summed E-state index contributed by atoms with van der Waals surface area (Å²) in [6.45, 7) is 4.03. The number of hydrogen-bond acceptors (Lipinski definition) is 2. The van der Waals surface area contributed by atoms with Gasteiger partial charge in [-0.25, -0.2) is 4.39 Å². The SMILES string of the molecule is CCC(C)NC(=O)C1CCC(C(=O)Nc2ccccc2F)CC1. The Hall–Kier alpha value is -1.91. The first kappa shape index (κ1) is 17.4. The Labute approximate surface area is 136 Å². The summed E-state index contributed by atoms with van der Waals surface area (Å²) in [6.07, 6.45) is 3.65. The fourth-order valence-electron chi connectivity index (χ4n) is 2.88. The lowest BCUT2D eigenvalue weighted by Gasteiger charge is -2.28. The van der Waals surface area contributed by atoms with E-state index in [0.29, 0.717) is 25.7 Å². The molecule has 4 nitrogen and oxygen atoms in total. The van der Waals surface area contributed by atoms with E-state index in [1.807, 2.05) is 13.8 Å². The molecule has 2 N–H and O–H groups in total. The standard InChI is InChI=1S/C18H25FN2O2/c1-3-12(2)20-17(22)13-8-10-14(11-9-13)18(23)21-16-7-5-4-6-15(16)19/h4-7,12-14H,3,8-11H2,1-2H3,(H,20,22)(H,21,23). The maximum absolute atomic E-state index is 13.6. The van der Waals surface area contributed by atoms with Crippen molar-refractivity contribution in [2.24, 2.45) is 11.8 Å². The molecular weight excluding hydrogens is 295 g/mol. The van der Waals surface area contributed by atoms with Gasteiger partial charge in [-0.3, -0.25) is 9.59 Å². The molecule has 1 atom stereocenters. The van der Waals surface area contributed by atoms with Crippen molar-refractivity contribution >= 4 is 17.5 Å². The molecule has 0 spiro atoms. The molecule has 1 aliphatic carbocycles. The second kappa shape index (κ2) is 8.09. The molecule has 5 heteroatoms. The smallest absolute Gasteiger partial charge is 0.227 e. The quantitative estimate of drug-likeness (QED) is 0.872. The number of para-hydroxylation sites is 1. The first-order valence-corrected chi connectivity index (χ1v) is 8.37. The Morgan fingerprint density at radius 1 is 1.13 bits per heavy atom. The summed E-state index contributed by atoms with van der Waals surface area (Å²) < 4.78 is 13.6. The molecule has 1 aromatic carbocycles. The lowest BCUT2D eigenvalue weighted by atomic mass is 9.81. The third-order valence-electron chi connectivity index (χ3n) is 4.60. The van der Waals surface area contributed by atoms with Crippen LogP contribution >= 0.6 is 0 Å². The van der Waals surface area contributed by atoms with Crippen molar-refractivity contribution in [1.82, 2.24) is 5.32 Å². The van der Waals surface area contributed by atoms with Crippen molar-refractivity contribution < 1.29 is 14.0 Å². The molecule has 1 saturated carbocycles. The van der Waals surface area contributed by atoms with Crippen LogP contribution in [0.3, 0.4) is 0 Å². The van der Waals surface area contributed by atoms with Gasteiger partial charge in [0.25, 0.3) is 0 Å². The first-order chi connectivity index (χ1) is 11.0. The molecule has 0 saturated heterocycles. The van der Waals surface area contributed by atoms with E-state index < -0.39 is 5.82 Å². The number of halogens is 1. The van der Waals surface area contributed by atoms with Crippen molar-refractivity contribution in [3.63, 3.8) is 0 Å². The van der Waals surface area contributed by atoms with E-state index in [4.69, 9.17) is 0 Å². The number of nitrogens with one attached hydrogen (secondary N) is 2. The van der Waals surface area contributed by atoms with Crippen molar-refractivity contribution in [1.29, 1.82) is 0 Å². The molecule has 0 aromatic heterocycles. The number of benzene rings is 1. The summed E-state index contributed by atoms with van der Waals surface area (Å²) in [7, 11) is 0. The Bertz CT molecular complexity index is 554. The number of anilines is 1. The van der Waals surface area contributed by atoms with E-state index in [1.54, 1.807) is 18.2 Å². The van der Waals surface area contributed by atoms with Gasteiger partial charge in [0, 0.05) is 17.9 Å². The van der Waals surface area contributed by atoms with E-state index in [1.165, 1.54) is 6.07 Å². The predicted molar refractivity (Wildman–Crippen MR) is 88.4 cm³/mol. The maximum Gasteiger partial charge on any atom is 0.227 e. The van der Waals surface area contributed by atoms with Crippen LogP contribution in [-0.4, -0.2) is 17.9 Å². The minimum Gasteiger partial charge on any atom is -0.353 e. The molecule has 2 amide bonds. The fraction of sp³-hybridized carbons (Fsp3) is 0.556. The molecule has 1 aliphatic rings. The van der Waals surface area contributed by atoms with Crippen LogP contribution in [-0.2, 0) is 9.59 Å². The predicted octanol–water partition coefficient (Wildman–Crippen LogP) is 3.49.